The van der Waals surface area contributed by atoms with Gasteiger partial charge in [-0.25, -0.2) is 4.79 Å². The minimum absolute atomic E-state index is 0.0218. The largest absolute Gasteiger partial charge is 0.444 e. The lowest BCUT2D eigenvalue weighted by molar-refractivity contribution is 0.00946. The van der Waals surface area contributed by atoms with Crippen molar-refractivity contribution in [3.8, 4) is 0 Å². The summed E-state index contributed by atoms with van der Waals surface area (Å²) in [4.78, 5) is 30.4. The van der Waals surface area contributed by atoms with Crippen LogP contribution in [0.2, 0.25) is 0 Å². The van der Waals surface area contributed by atoms with Gasteiger partial charge in [0.05, 0.1) is 0 Å². The van der Waals surface area contributed by atoms with Crippen molar-refractivity contribution >= 4 is 11.9 Å². The van der Waals surface area contributed by atoms with E-state index in [-0.39, 0.29) is 17.9 Å². The molecule has 0 N–H and O–H groups in total. The molecule has 22 heavy (non-hydrogen) atoms. The maximum Gasteiger partial charge on any atom is 0.410 e. The van der Waals surface area contributed by atoms with Crippen molar-refractivity contribution < 1.29 is 14.3 Å². The molecule has 0 bridgehead atoms. The Morgan fingerprint density at radius 2 is 2.14 bits per heavy atom. The number of amides is 1. The number of ether oxygens (including phenoxy) is 1. The van der Waals surface area contributed by atoms with Gasteiger partial charge in [-0.05, 0) is 52.2 Å². The SMILES string of the molecule is CC(C)(C)OC(=O)N1CCCCC1CC(=O)c1cccnc1. The van der Waals surface area contributed by atoms with Crippen LogP contribution in [0.25, 0.3) is 0 Å². The zero-order valence-electron chi connectivity index (χ0n) is 13.5. The molecule has 1 amide bonds. The maximum absolute atomic E-state index is 12.3. The van der Waals surface area contributed by atoms with E-state index in [0.717, 1.165) is 19.3 Å². The van der Waals surface area contributed by atoms with Crippen LogP contribution in [-0.4, -0.2) is 39.9 Å². The summed E-state index contributed by atoms with van der Waals surface area (Å²) in [6, 6.07) is 3.42. The number of pyridine rings is 1. The van der Waals surface area contributed by atoms with Crippen molar-refractivity contribution in [3.63, 3.8) is 0 Å². The summed E-state index contributed by atoms with van der Waals surface area (Å²) in [6.45, 7) is 6.21. The van der Waals surface area contributed by atoms with Crippen LogP contribution >= 0.6 is 0 Å². The molecule has 120 valence electrons. The van der Waals surface area contributed by atoms with Crippen molar-refractivity contribution in [2.45, 2.75) is 58.1 Å². The number of aromatic nitrogens is 1. The summed E-state index contributed by atoms with van der Waals surface area (Å²) >= 11 is 0. The topological polar surface area (TPSA) is 59.5 Å². The first-order valence-electron chi connectivity index (χ1n) is 7.79. The molecule has 2 heterocycles. The fourth-order valence-electron chi connectivity index (χ4n) is 2.63. The Morgan fingerprint density at radius 1 is 1.36 bits per heavy atom. The molecule has 1 atom stereocenters. The average molecular weight is 304 g/mol. The van der Waals surface area contributed by atoms with Gasteiger partial charge in [-0.3, -0.25) is 9.78 Å². The minimum Gasteiger partial charge on any atom is -0.444 e. The van der Waals surface area contributed by atoms with Crippen LogP contribution in [0.1, 0.15) is 56.8 Å². The standard InChI is InChI=1S/C17H24N2O3/c1-17(2,3)22-16(21)19-10-5-4-8-14(19)11-15(20)13-7-6-9-18-12-13/h6-7,9,12,14H,4-5,8,10-11H2,1-3H3. The molecular formula is C17H24N2O3. The molecule has 0 aromatic carbocycles. The molecule has 1 aliphatic heterocycles. The lowest BCUT2D eigenvalue weighted by Gasteiger charge is -2.36. The zero-order chi connectivity index (χ0) is 16.2. The van der Waals surface area contributed by atoms with E-state index in [1.165, 1.54) is 0 Å². The minimum atomic E-state index is -0.521. The third-order valence-electron chi connectivity index (χ3n) is 3.66. The molecular weight excluding hydrogens is 280 g/mol. The highest BCUT2D eigenvalue weighted by Gasteiger charge is 2.31. The molecule has 0 saturated carbocycles. The summed E-state index contributed by atoms with van der Waals surface area (Å²) in [5.41, 5.74) is 0.0733. The van der Waals surface area contributed by atoms with E-state index < -0.39 is 5.60 Å². The Bertz CT molecular complexity index is 522. The van der Waals surface area contributed by atoms with Gasteiger partial charge in [-0.1, -0.05) is 0 Å². The van der Waals surface area contributed by atoms with Gasteiger partial charge >= 0.3 is 6.09 Å². The predicted molar refractivity (Wildman–Crippen MR) is 83.8 cm³/mol. The molecule has 5 heteroatoms. The molecule has 2 rings (SSSR count). The fraction of sp³-hybridized carbons (Fsp3) is 0.588. The third kappa shape index (κ3) is 4.55. The molecule has 0 radical (unpaired) electrons. The quantitative estimate of drug-likeness (QED) is 0.803. The number of likely N-dealkylation sites (tertiary alicyclic amines) is 1. The van der Waals surface area contributed by atoms with Crippen LogP contribution in [0.3, 0.4) is 0 Å². The van der Waals surface area contributed by atoms with Gasteiger partial charge < -0.3 is 9.64 Å². The van der Waals surface area contributed by atoms with Gasteiger partial charge in [-0.15, -0.1) is 0 Å². The monoisotopic (exact) mass is 304 g/mol. The van der Waals surface area contributed by atoms with Crippen molar-refractivity contribution in [3.05, 3.63) is 30.1 Å². The molecule has 1 aromatic rings. The number of Topliss-reactive ketones (excluding diaryl/α,β-unsaturated/α-hetero) is 1. The average Bonchev–Trinajstić information content (AvgIpc) is 2.47. The highest BCUT2D eigenvalue weighted by atomic mass is 16.6. The van der Waals surface area contributed by atoms with E-state index in [1.54, 1.807) is 29.4 Å². The van der Waals surface area contributed by atoms with Gasteiger partial charge in [-0.2, -0.15) is 0 Å². The number of hydrogen-bond donors (Lipinski definition) is 0. The van der Waals surface area contributed by atoms with Crippen LogP contribution in [0, 0.1) is 0 Å². The Balaban J connectivity index is 2.04. The van der Waals surface area contributed by atoms with Gasteiger partial charge in [0, 0.05) is 37.0 Å². The second-order valence-electron chi connectivity index (χ2n) is 6.69. The van der Waals surface area contributed by atoms with Crippen molar-refractivity contribution in [1.82, 2.24) is 9.88 Å². The van der Waals surface area contributed by atoms with Crippen LogP contribution in [0.4, 0.5) is 4.79 Å². The molecule has 1 saturated heterocycles. The highest BCUT2D eigenvalue weighted by molar-refractivity contribution is 5.96. The number of ketones is 1. The lowest BCUT2D eigenvalue weighted by Crippen LogP contribution is -2.46. The van der Waals surface area contributed by atoms with Crippen molar-refractivity contribution in [1.29, 1.82) is 0 Å². The van der Waals surface area contributed by atoms with E-state index in [4.69, 9.17) is 4.74 Å². The van der Waals surface area contributed by atoms with Crippen LogP contribution in [-0.2, 0) is 4.74 Å². The molecule has 1 unspecified atom stereocenters. The summed E-state index contributed by atoms with van der Waals surface area (Å²) in [7, 11) is 0. The number of hydrogen-bond acceptors (Lipinski definition) is 4. The van der Waals surface area contributed by atoms with E-state index >= 15 is 0 Å². The smallest absolute Gasteiger partial charge is 0.410 e. The summed E-state index contributed by atoms with van der Waals surface area (Å²) in [5.74, 6) is 0.0218. The number of rotatable bonds is 3. The summed E-state index contributed by atoms with van der Waals surface area (Å²) in [5, 5.41) is 0. The van der Waals surface area contributed by atoms with Crippen molar-refractivity contribution in [2.24, 2.45) is 0 Å². The van der Waals surface area contributed by atoms with Crippen molar-refractivity contribution in [2.75, 3.05) is 6.54 Å². The summed E-state index contributed by atoms with van der Waals surface area (Å²) < 4.78 is 5.46. The van der Waals surface area contributed by atoms with Gasteiger partial charge in [0.15, 0.2) is 5.78 Å². The second kappa shape index (κ2) is 6.90. The molecule has 1 aromatic heterocycles. The molecule has 0 spiro atoms. The molecule has 5 nitrogen and oxygen atoms in total. The Morgan fingerprint density at radius 3 is 2.77 bits per heavy atom. The van der Waals surface area contributed by atoms with E-state index in [0.29, 0.717) is 18.5 Å². The second-order valence-corrected chi connectivity index (χ2v) is 6.69. The normalized spacial score (nSPS) is 18.9. The van der Waals surface area contributed by atoms with E-state index in [1.807, 2.05) is 20.8 Å². The Kier molecular flexibility index (Phi) is 5.16. The molecule has 1 aliphatic rings. The first kappa shape index (κ1) is 16.5. The fourth-order valence-corrected chi connectivity index (χ4v) is 2.63. The molecule has 1 fully saturated rings. The Labute approximate surface area is 131 Å². The first-order chi connectivity index (χ1) is 10.4. The van der Waals surface area contributed by atoms with E-state index in [9.17, 15) is 9.59 Å². The van der Waals surface area contributed by atoms with E-state index in [2.05, 4.69) is 4.98 Å². The van der Waals surface area contributed by atoms with Crippen LogP contribution < -0.4 is 0 Å². The lowest BCUT2D eigenvalue weighted by atomic mass is 9.96. The summed E-state index contributed by atoms with van der Waals surface area (Å²) in [6.07, 6.45) is 6.04. The van der Waals surface area contributed by atoms with Crippen LogP contribution in [0.15, 0.2) is 24.5 Å². The maximum atomic E-state index is 12.3. The molecule has 0 aliphatic carbocycles. The third-order valence-corrected chi connectivity index (χ3v) is 3.66. The number of nitrogens with zero attached hydrogens (tertiary/aromatic N) is 2. The predicted octanol–water partition coefficient (Wildman–Crippen LogP) is 3.44. The zero-order valence-corrected chi connectivity index (χ0v) is 13.5. The van der Waals surface area contributed by atoms with Gasteiger partial charge in [0.2, 0.25) is 0 Å². The number of carbonyl (C=O) groups is 2. The Hall–Kier alpha value is -1.91. The van der Waals surface area contributed by atoms with Gasteiger partial charge in [0.25, 0.3) is 0 Å². The number of piperidine rings is 1. The van der Waals surface area contributed by atoms with Gasteiger partial charge in [0.1, 0.15) is 5.60 Å². The number of carbonyl (C=O) groups excluding carboxylic acids is 2. The first-order valence-corrected chi connectivity index (χ1v) is 7.79. The highest BCUT2D eigenvalue weighted by Crippen LogP contribution is 2.23. The van der Waals surface area contributed by atoms with Crippen LogP contribution in [0.5, 0.6) is 0 Å².